The lowest BCUT2D eigenvalue weighted by atomic mass is 9.86. The van der Waals surface area contributed by atoms with E-state index in [0.717, 1.165) is 36.0 Å². The molecule has 5 heteroatoms. The zero-order chi connectivity index (χ0) is 14.9. The zero-order valence-electron chi connectivity index (χ0n) is 12.3. The van der Waals surface area contributed by atoms with Crippen LogP contribution in [0.25, 0.3) is 0 Å². The average Bonchev–Trinajstić information content (AvgIpc) is 2.87. The molecule has 2 nitrogen and oxygen atoms in total. The summed E-state index contributed by atoms with van der Waals surface area (Å²) in [5.41, 5.74) is 1.59. The molecule has 1 saturated carbocycles. The van der Waals surface area contributed by atoms with Gasteiger partial charge >= 0.3 is 6.18 Å². The van der Waals surface area contributed by atoms with E-state index in [4.69, 9.17) is 0 Å². The van der Waals surface area contributed by atoms with Gasteiger partial charge in [-0.25, -0.2) is 4.98 Å². The van der Waals surface area contributed by atoms with Gasteiger partial charge in [0.15, 0.2) is 0 Å². The first-order valence-electron chi connectivity index (χ1n) is 8.15. The summed E-state index contributed by atoms with van der Waals surface area (Å²) in [5, 5.41) is 0. The maximum Gasteiger partial charge on any atom is 0.392 e. The number of H-pyrrole nitrogens is 1. The van der Waals surface area contributed by atoms with E-state index in [1.807, 2.05) is 0 Å². The van der Waals surface area contributed by atoms with Crippen molar-refractivity contribution in [3.05, 3.63) is 17.2 Å². The maximum absolute atomic E-state index is 12.8. The molecule has 2 aliphatic carbocycles. The summed E-state index contributed by atoms with van der Waals surface area (Å²) in [6.07, 6.45) is 5.25. The molecular weight excluding hydrogens is 277 g/mol. The topological polar surface area (TPSA) is 28.7 Å². The van der Waals surface area contributed by atoms with Crippen LogP contribution >= 0.6 is 0 Å². The van der Waals surface area contributed by atoms with Crippen LogP contribution in [0.5, 0.6) is 0 Å². The molecule has 0 saturated heterocycles. The van der Waals surface area contributed by atoms with Crippen molar-refractivity contribution in [1.82, 2.24) is 9.97 Å². The van der Waals surface area contributed by atoms with Crippen molar-refractivity contribution >= 4 is 0 Å². The van der Waals surface area contributed by atoms with Crippen LogP contribution in [0, 0.1) is 11.8 Å². The zero-order valence-corrected chi connectivity index (χ0v) is 12.3. The third-order valence-electron chi connectivity index (χ3n) is 5.07. The van der Waals surface area contributed by atoms with Gasteiger partial charge in [-0.15, -0.1) is 0 Å². The van der Waals surface area contributed by atoms with Crippen molar-refractivity contribution in [3.63, 3.8) is 0 Å². The number of halogens is 3. The Labute approximate surface area is 123 Å². The number of aromatic amines is 1. The molecule has 1 heterocycles. The Bertz CT molecular complexity index is 472. The fourth-order valence-electron chi connectivity index (χ4n) is 3.75. The van der Waals surface area contributed by atoms with E-state index < -0.39 is 12.1 Å². The molecular formula is C16H23F3N2. The van der Waals surface area contributed by atoms with E-state index in [1.54, 1.807) is 0 Å². The second kappa shape index (κ2) is 6.01. The molecule has 2 aliphatic rings. The van der Waals surface area contributed by atoms with Gasteiger partial charge in [-0.3, -0.25) is 0 Å². The Morgan fingerprint density at radius 1 is 1.10 bits per heavy atom. The summed E-state index contributed by atoms with van der Waals surface area (Å²) >= 11 is 0. The summed E-state index contributed by atoms with van der Waals surface area (Å²) in [5.74, 6) is 0.480. The quantitative estimate of drug-likeness (QED) is 0.869. The van der Waals surface area contributed by atoms with Crippen LogP contribution in [-0.4, -0.2) is 16.1 Å². The highest BCUT2D eigenvalue weighted by atomic mass is 19.4. The molecule has 1 fully saturated rings. The molecule has 0 aliphatic heterocycles. The minimum Gasteiger partial charge on any atom is -0.346 e. The maximum atomic E-state index is 12.8. The van der Waals surface area contributed by atoms with Gasteiger partial charge in [0.2, 0.25) is 0 Å². The fraction of sp³-hybridized carbons (Fsp3) is 0.812. The van der Waals surface area contributed by atoms with Crippen LogP contribution in [0.1, 0.15) is 62.2 Å². The monoisotopic (exact) mass is 300 g/mol. The van der Waals surface area contributed by atoms with Gasteiger partial charge in [-0.1, -0.05) is 32.1 Å². The number of nitrogens with zero attached hydrogens (tertiary/aromatic N) is 1. The summed E-state index contributed by atoms with van der Waals surface area (Å²) < 4.78 is 38.4. The van der Waals surface area contributed by atoms with Crippen LogP contribution in [-0.2, 0) is 19.3 Å². The Balaban J connectivity index is 1.58. The van der Waals surface area contributed by atoms with Gasteiger partial charge in [0, 0.05) is 18.5 Å². The lowest BCUT2D eigenvalue weighted by Gasteiger charge is -2.23. The smallest absolute Gasteiger partial charge is 0.346 e. The summed E-state index contributed by atoms with van der Waals surface area (Å²) in [6, 6.07) is 0. The predicted molar refractivity (Wildman–Crippen MR) is 75.1 cm³/mol. The van der Waals surface area contributed by atoms with Gasteiger partial charge < -0.3 is 4.98 Å². The lowest BCUT2D eigenvalue weighted by molar-refractivity contribution is -0.177. The summed E-state index contributed by atoms with van der Waals surface area (Å²) in [4.78, 5) is 7.69. The normalized spacial score (nSPS) is 24.0. The van der Waals surface area contributed by atoms with Gasteiger partial charge in [0.25, 0.3) is 0 Å². The number of fused-ring (bicyclic) bond motifs is 1. The van der Waals surface area contributed by atoms with Gasteiger partial charge in [0.05, 0.1) is 11.6 Å². The highest BCUT2D eigenvalue weighted by molar-refractivity contribution is 5.19. The molecule has 1 N–H and O–H groups in total. The van der Waals surface area contributed by atoms with Crippen molar-refractivity contribution in [3.8, 4) is 0 Å². The third-order valence-corrected chi connectivity index (χ3v) is 5.07. The standard InChI is InChI=1S/C16H23F3N2/c17-16(18,19)12-7-8-13-14(10-12)21-15(20-13)9-6-11-4-2-1-3-5-11/h11-12H,1-10H2,(H,20,21). The Morgan fingerprint density at radius 2 is 1.86 bits per heavy atom. The number of nitrogens with one attached hydrogen (secondary N) is 1. The first-order chi connectivity index (χ1) is 10.0. The third kappa shape index (κ3) is 3.61. The van der Waals surface area contributed by atoms with Crippen LogP contribution < -0.4 is 0 Å². The van der Waals surface area contributed by atoms with Crippen LogP contribution in [0.2, 0.25) is 0 Å². The van der Waals surface area contributed by atoms with Crippen molar-refractivity contribution in [1.29, 1.82) is 0 Å². The summed E-state index contributed by atoms with van der Waals surface area (Å²) in [7, 11) is 0. The molecule has 1 aromatic heterocycles. The number of aromatic nitrogens is 2. The van der Waals surface area contributed by atoms with E-state index in [9.17, 15) is 13.2 Å². The molecule has 0 bridgehead atoms. The lowest BCUT2D eigenvalue weighted by Crippen LogP contribution is -2.28. The fourth-order valence-corrected chi connectivity index (χ4v) is 3.75. The van der Waals surface area contributed by atoms with E-state index in [2.05, 4.69) is 9.97 Å². The molecule has 0 spiro atoms. The summed E-state index contributed by atoms with van der Waals surface area (Å²) in [6.45, 7) is 0. The van der Waals surface area contributed by atoms with Crippen LogP contribution in [0.4, 0.5) is 13.2 Å². The second-order valence-electron chi connectivity index (χ2n) is 6.63. The molecule has 0 radical (unpaired) electrons. The van der Waals surface area contributed by atoms with E-state index >= 15 is 0 Å². The molecule has 21 heavy (non-hydrogen) atoms. The molecule has 3 rings (SSSR count). The molecule has 118 valence electrons. The minimum atomic E-state index is -4.08. The molecule has 1 aromatic rings. The molecule has 0 amide bonds. The SMILES string of the molecule is FC(F)(F)C1CCc2nc(CCC3CCCCC3)[nH]c2C1. The highest BCUT2D eigenvalue weighted by Gasteiger charge is 2.41. The van der Waals surface area contributed by atoms with E-state index in [1.165, 1.54) is 32.1 Å². The average molecular weight is 300 g/mol. The van der Waals surface area contributed by atoms with E-state index in [-0.39, 0.29) is 12.8 Å². The first kappa shape index (κ1) is 14.9. The molecule has 1 unspecified atom stereocenters. The van der Waals surface area contributed by atoms with E-state index in [0.29, 0.717) is 6.42 Å². The first-order valence-corrected chi connectivity index (χ1v) is 8.15. The number of aryl methyl sites for hydroxylation is 2. The van der Waals surface area contributed by atoms with Crippen molar-refractivity contribution in [2.45, 2.75) is 70.4 Å². The predicted octanol–water partition coefficient (Wildman–Crippen LogP) is 4.59. The number of alkyl halides is 3. The number of imidazole rings is 1. The van der Waals surface area contributed by atoms with Gasteiger partial charge in [-0.05, 0) is 25.2 Å². The Morgan fingerprint density at radius 3 is 2.57 bits per heavy atom. The van der Waals surface area contributed by atoms with Crippen LogP contribution in [0.15, 0.2) is 0 Å². The van der Waals surface area contributed by atoms with Crippen molar-refractivity contribution in [2.24, 2.45) is 11.8 Å². The second-order valence-corrected chi connectivity index (χ2v) is 6.63. The number of hydrogen-bond donors (Lipinski definition) is 1. The number of hydrogen-bond acceptors (Lipinski definition) is 1. The van der Waals surface area contributed by atoms with Gasteiger partial charge in [-0.2, -0.15) is 13.2 Å². The number of rotatable bonds is 3. The molecule has 1 atom stereocenters. The van der Waals surface area contributed by atoms with Crippen molar-refractivity contribution < 1.29 is 13.2 Å². The van der Waals surface area contributed by atoms with Gasteiger partial charge in [0.1, 0.15) is 5.82 Å². The Kier molecular flexibility index (Phi) is 4.27. The van der Waals surface area contributed by atoms with Crippen molar-refractivity contribution in [2.75, 3.05) is 0 Å². The Hall–Kier alpha value is -1.00. The molecule has 0 aromatic carbocycles. The van der Waals surface area contributed by atoms with Crippen LogP contribution in [0.3, 0.4) is 0 Å². The largest absolute Gasteiger partial charge is 0.392 e. The highest BCUT2D eigenvalue weighted by Crippen LogP contribution is 2.36. The minimum absolute atomic E-state index is 0.0786.